The largest absolute Gasteiger partial charge is 0.464 e. The molecule has 1 heterocycles. The lowest BCUT2D eigenvalue weighted by molar-refractivity contribution is 0.0774. The van der Waals surface area contributed by atoms with Gasteiger partial charge in [-0.05, 0) is 53.2 Å². The van der Waals surface area contributed by atoms with Crippen molar-refractivity contribution in [1.82, 2.24) is 4.90 Å². The van der Waals surface area contributed by atoms with E-state index in [0.717, 1.165) is 20.5 Å². The third-order valence-electron chi connectivity index (χ3n) is 2.70. The van der Waals surface area contributed by atoms with Crippen molar-refractivity contribution in [3.05, 3.63) is 56.4 Å². The van der Waals surface area contributed by atoms with E-state index in [2.05, 4.69) is 31.9 Å². The number of carbonyl (C=O) groups is 1. The van der Waals surface area contributed by atoms with Crippen LogP contribution in [0.25, 0.3) is 0 Å². The van der Waals surface area contributed by atoms with Crippen LogP contribution in [0.15, 0.2) is 43.7 Å². The minimum atomic E-state index is -0.0478. The van der Waals surface area contributed by atoms with Crippen molar-refractivity contribution in [2.45, 2.75) is 13.5 Å². The zero-order chi connectivity index (χ0) is 14.0. The van der Waals surface area contributed by atoms with E-state index in [-0.39, 0.29) is 5.91 Å². The SMILES string of the molecule is Cc1ccc(CN(C)C(=O)c2ccc(Br)cc2Br)o1. The number of aryl methyl sites for hydroxylation is 1. The molecule has 2 aromatic rings. The van der Waals surface area contributed by atoms with Gasteiger partial charge in [-0.3, -0.25) is 4.79 Å². The Hall–Kier alpha value is -1.07. The minimum absolute atomic E-state index is 0.0478. The smallest absolute Gasteiger partial charge is 0.255 e. The molecule has 0 bridgehead atoms. The van der Waals surface area contributed by atoms with Gasteiger partial charge in [-0.1, -0.05) is 15.9 Å². The Balaban J connectivity index is 2.14. The fraction of sp³-hybridized carbons (Fsp3) is 0.214. The van der Waals surface area contributed by atoms with Crippen LogP contribution in [0.2, 0.25) is 0 Å². The summed E-state index contributed by atoms with van der Waals surface area (Å²) in [6.45, 7) is 2.34. The van der Waals surface area contributed by atoms with Crippen LogP contribution < -0.4 is 0 Å². The second-order valence-electron chi connectivity index (χ2n) is 4.30. The molecule has 100 valence electrons. The van der Waals surface area contributed by atoms with Gasteiger partial charge in [-0.15, -0.1) is 0 Å². The predicted molar refractivity (Wildman–Crippen MR) is 81.1 cm³/mol. The summed E-state index contributed by atoms with van der Waals surface area (Å²) >= 11 is 6.77. The van der Waals surface area contributed by atoms with Crippen LogP contribution >= 0.6 is 31.9 Å². The zero-order valence-electron chi connectivity index (χ0n) is 10.6. The molecule has 5 heteroatoms. The van der Waals surface area contributed by atoms with Crippen LogP contribution in [-0.4, -0.2) is 17.9 Å². The third kappa shape index (κ3) is 3.48. The first kappa shape index (κ1) is 14.3. The van der Waals surface area contributed by atoms with E-state index in [0.29, 0.717) is 12.1 Å². The first-order chi connectivity index (χ1) is 8.97. The summed E-state index contributed by atoms with van der Waals surface area (Å²) in [6, 6.07) is 9.28. The normalized spacial score (nSPS) is 10.5. The summed E-state index contributed by atoms with van der Waals surface area (Å²) in [5.41, 5.74) is 0.633. The molecular weight excluding hydrogens is 374 g/mol. The second-order valence-corrected chi connectivity index (χ2v) is 6.07. The summed E-state index contributed by atoms with van der Waals surface area (Å²) in [5, 5.41) is 0. The van der Waals surface area contributed by atoms with Crippen molar-refractivity contribution in [1.29, 1.82) is 0 Å². The van der Waals surface area contributed by atoms with E-state index in [4.69, 9.17) is 4.42 Å². The molecule has 0 spiro atoms. The molecule has 0 saturated heterocycles. The average molecular weight is 387 g/mol. The highest BCUT2D eigenvalue weighted by molar-refractivity contribution is 9.11. The van der Waals surface area contributed by atoms with Crippen LogP contribution in [0.3, 0.4) is 0 Å². The molecule has 1 amide bonds. The maximum absolute atomic E-state index is 12.3. The average Bonchev–Trinajstić information content (AvgIpc) is 2.74. The predicted octanol–water partition coefficient (Wildman–Crippen LogP) is 4.39. The Morgan fingerprint density at radius 3 is 2.58 bits per heavy atom. The summed E-state index contributed by atoms with van der Waals surface area (Å²) in [7, 11) is 1.76. The van der Waals surface area contributed by atoms with Gasteiger partial charge >= 0.3 is 0 Å². The van der Waals surface area contributed by atoms with Crippen molar-refractivity contribution in [2.75, 3.05) is 7.05 Å². The fourth-order valence-electron chi connectivity index (χ4n) is 1.74. The first-order valence-corrected chi connectivity index (χ1v) is 7.32. The molecule has 0 N–H and O–H groups in total. The van der Waals surface area contributed by atoms with E-state index >= 15 is 0 Å². The maximum Gasteiger partial charge on any atom is 0.255 e. The van der Waals surface area contributed by atoms with Crippen LogP contribution in [-0.2, 0) is 6.54 Å². The van der Waals surface area contributed by atoms with Crippen LogP contribution in [0, 0.1) is 6.92 Å². The van der Waals surface area contributed by atoms with Gasteiger partial charge in [-0.25, -0.2) is 0 Å². The standard InChI is InChI=1S/C14H13Br2NO2/c1-9-3-5-11(19-9)8-17(2)14(18)12-6-4-10(15)7-13(12)16/h3-7H,8H2,1-2H3. The molecule has 0 aliphatic rings. The Labute approximate surface area is 128 Å². The lowest BCUT2D eigenvalue weighted by atomic mass is 10.2. The number of rotatable bonds is 3. The van der Waals surface area contributed by atoms with Gasteiger partial charge in [0.05, 0.1) is 12.1 Å². The lowest BCUT2D eigenvalue weighted by Gasteiger charge is -2.16. The zero-order valence-corrected chi connectivity index (χ0v) is 13.8. The van der Waals surface area contributed by atoms with E-state index in [1.807, 2.05) is 31.2 Å². The van der Waals surface area contributed by atoms with Gasteiger partial charge in [0, 0.05) is 16.0 Å². The molecule has 1 aromatic heterocycles. The van der Waals surface area contributed by atoms with Gasteiger partial charge in [0.1, 0.15) is 11.5 Å². The molecule has 2 rings (SSSR count). The minimum Gasteiger partial charge on any atom is -0.464 e. The first-order valence-electron chi connectivity index (χ1n) is 5.73. The molecule has 0 fully saturated rings. The Morgan fingerprint density at radius 1 is 1.26 bits per heavy atom. The summed E-state index contributed by atoms with van der Waals surface area (Å²) in [4.78, 5) is 14.0. The monoisotopic (exact) mass is 385 g/mol. The van der Waals surface area contributed by atoms with Gasteiger partial charge in [-0.2, -0.15) is 0 Å². The second kappa shape index (κ2) is 5.92. The van der Waals surface area contributed by atoms with E-state index < -0.39 is 0 Å². The quantitative estimate of drug-likeness (QED) is 0.783. The van der Waals surface area contributed by atoms with Crippen molar-refractivity contribution in [3.63, 3.8) is 0 Å². The molecular formula is C14H13Br2NO2. The van der Waals surface area contributed by atoms with Gasteiger partial charge in [0.25, 0.3) is 5.91 Å². The van der Waals surface area contributed by atoms with Crippen LogP contribution in [0.5, 0.6) is 0 Å². The molecule has 0 atom stereocenters. The molecule has 0 saturated carbocycles. The number of halogens is 2. The summed E-state index contributed by atoms with van der Waals surface area (Å²) < 4.78 is 7.18. The van der Waals surface area contributed by atoms with E-state index in [9.17, 15) is 4.79 Å². The molecule has 0 unspecified atom stereocenters. The third-order valence-corrected chi connectivity index (χ3v) is 3.85. The van der Waals surface area contributed by atoms with Gasteiger partial charge in [0.15, 0.2) is 0 Å². The Bertz CT molecular complexity index is 607. The Kier molecular flexibility index (Phi) is 4.47. The van der Waals surface area contributed by atoms with Crippen molar-refractivity contribution < 1.29 is 9.21 Å². The topological polar surface area (TPSA) is 33.5 Å². The Morgan fingerprint density at radius 2 is 2.00 bits per heavy atom. The number of carbonyl (C=O) groups excluding carboxylic acids is 1. The molecule has 3 nitrogen and oxygen atoms in total. The van der Waals surface area contributed by atoms with Crippen molar-refractivity contribution in [3.8, 4) is 0 Å². The number of nitrogens with zero attached hydrogens (tertiary/aromatic N) is 1. The number of hydrogen-bond donors (Lipinski definition) is 0. The van der Waals surface area contributed by atoms with E-state index in [1.54, 1.807) is 18.0 Å². The fourth-order valence-corrected chi connectivity index (χ4v) is 2.96. The highest BCUT2D eigenvalue weighted by atomic mass is 79.9. The number of furan rings is 1. The molecule has 1 aromatic carbocycles. The highest BCUT2D eigenvalue weighted by Crippen LogP contribution is 2.23. The molecule has 0 aliphatic heterocycles. The lowest BCUT2D eigenvalue weighted by Crippen LogP contribution is -2.26. The van der Waals surface area contributed by atoms with Crippen LogP contribution in [0.4, 0.5) is 0 Å². The van der Waals surface area contributed by atoms with Crippen molar-refractivity contribution >= 4 is 37.8 Å². The van der Waals surface area contributed by atoms with Crippen LogP contribution in [0.1, 0.15) is 21.9 Å². The summed E-state index contributed by atoms with van der Waals surface area (Å²) in [5.74, 6) is 1.58. The maximum atomic E-state index is 12.3. The summed E-state index contributed by atoms with van der Waals surface area (Å²) in [6.07, 6.45) is 0. The van der Waals surface area contributed by atoms with Gasteiger partial charge < -0.3 is 9.32 Å². The molecule has 0 radical (unpaired) electrons. The molecule has 19 heavy (non-hydrogen) atoms. The number of amides is 1. The van der Waals surface area contributed by atoms with Crippen molar-refractivity contribution in [2.24, 2.45) is 0 Å². The number of benzene rings is 1. The van der Waals surface area contributed by atoms with Gasteiger partial charge in [0.2, 0.25) is 0 Å². The number of hydrogen-bond acceptors (Lipinski definition) is 2. The highest BCUT2D eigenvalue weighted by Gasteiger charge is 2.16. The molecule has 0 aliphatic carbocycles. The van der Waals surface area contributed by atoms with E-state index in [1.165, 1.54) is 0 Å².